The second kappa shape index (κ2) is 10.5. The number of allylic oxidation sites excluding steroid dienone is 1. The first kappa shape index (κ1) is 23.0. The van der Waals surface area contributed by atoms with Crippen LogP contribution in [0.25, 0.3) is 0 Å². The number of carbonyl (C=O) groups is 1. The molecule has 0 saturated heterocycles. The van der Waals surface area contributed by atoms with E-state index in [1.807, 2.05) is 24.5 Å². The lowest BCUT2D eigenvalue weighted by Gasteiger charge is -2.08. The molecular formula is C21H23FN6OS2. The predicted octanol–water partition coefficient (Wildman–Crippen LogP) is 4.34. The van der Waals surface area contributed by atoms with Gasteiger partial charge >= 0.3 is 0 Å². The zero-order chi connectivity index (χ0) is 22.4. The molecule has 0 radical (unpaired) electrons. The van der Waals surface area contributed by atoms with E-state index < -0.39 is 0 Å². The third-order valence-corrected chi connectivity index (χ3v) is 6.00. The summed E-state index contributed by atoms with van der Waals surface area (Å²) in [6.07, 6.45) is 1.75. The Labute approximate surface area is 189 Å². The maximum Gasteiger partial charge on any atom is 0.234 e. The van der Waals surface area contributed by atoms with Crippen molar-refractivity contribution in [2.24, 2.45) is 0 Å². The van der Waals surface area contributed by atoms with Crippen molar-refractivity contribution in [1.82, 2.24) is 24.7 Å². The van der Waals surface area contributed by atoms with Gasteiger partial charge in [0.1, 0.15) is 11.6 Å². The average Bonchev–Trinajstić information content (AvgIpc) is 3.09. The first-order chi connectivity index (χ1) is 14.9. The third kappa shape index (κ3) is 6.38. The summed E-state index contributed by atoms with van der Waals surface area (Å²) in [5.74, 6) is 0.806. The van der Waals surface area contributed by atoms with Crippen LogP contribution in [-0.2, 0) is 17.1 Å². The second-order valence-corrected chi connectivity index (χ2v) is 8.71. The summed E-state index contributed by atoms with van der Waals surface area (Å²) >= 11 is 2.74. The largest absolute Gasteiger partial charge is 0.325 e. The zero-order valence-electron chi connectivity index (χ0n) is 17.6. The zero-order valence-corrected chi connectivity index (χ0v) is 19.2. The molecule has 0 atom stereocenters. The molecule has 2 heterocycles. The number of anilines is 1. The summed E-state index contributed by atoms with van der Waals surface area (Å²) in [6, 6.07) is 6.53. The summed E-state index contributed by atoms with van der Waals surface area (Å²) in [4.78, 5) is 21.1. The van der Waals surface area contributed by atoms with Gasteiger partial charge in [-0.2, -0.15) is 0 Å². The number of rotatable bonds is 9. The van der Waals surface area contributed by atoms with Gasteiger partial charge in [0.05, 0.1) is 11.5 Å². The van der Waals surface area contributed by atoms with Gasteiger partial charge in [-0.25, -0.2) is 14.4 Å². The highest BCUT2D eigenvalue weighted by molar-refractivity contribution is 7.99. The van der Waals surface area contributed by atoms with Gasteiger partial charge in [-0.05, 0) is 44.5 Å². The molecule has 0 unspecified atom stereocenters. The molecule has 0 spiro atoms. The highest BCUT2D eigenvalue weighted by Crippen LogP contribution is 2.23. The molecule has 0 aliphatic carbocycles. The van der Waals surface area contributed by atoms with Crippen molar-refractivity contribution in [3.05, 3.63) is 65.5 Å². The standard InChI is InChI=1S/C21H23FN6OS2/c1-5-8-28-18(11-30-20-23-14(3)9-15(4)24-20)26-27-21(28)31-12-19(29)25-16-7-6-13(2)17(22)10-16/h5-7,9-10H,1,8,11-12H2,2-4H3,(H,25,29). The van der Waals surface area contributed by atoms with Gasteiger partial charge in [-0.15, -0.1) is 16.8 Å². The van der Waals surface area contributed by atoms with Gasteiger partial charge in [-0.3, -0.25) is 4.79 Å². The van der Waals surface area contributed by atoms with Crippen molar-refractivity contribution in [1.29, 1.82) is 0 Å². The molecule has 162 valence electrons. The minimum Gasteiger partial charge on any atom is -0.325 e. The van der Waals surface area contributed by atoms with Crippen LogP contribution >= 0.6 is 23.5 Å². The van der Waals surface area contributed by atoms with E-state index in [0.717, 1.165) is 17.2 Å². The van der Waals surface area contributed by atoms with E-state index in [9.17, 15) is 9.18 Å². The Kier molecular flexibility index (Phi) is 7.80. The molecule has 1 N–H and O–H groups in total. The molecule has 0 fully saturated rings. The fourth-order valence-electron chi connectivity index (χ4n) is 2.73. The van der Waals surface area contributed by atoms with Crippen molar-refractivity contribution in [2.45, 2.75) is 43.4 Å². The van der Waals surface area contributed by atoms with Gasteiger partial charge in [0.25, 0.3) is 0 Å². The van der Waals surface area contributed by atoms with E-state index in [2.05, 4.69) is 32.1 Å². The number of aryl methyl sites for hydroxylation is 3. The molecule has 0 aliphatic heterocycles. The van der Waals surface area contributed by atoms with E-state index in [0.29, 0.717) is 33.9 Å². The minimum atomic E-state index is -0.355. The Morgan fingerprint density at radius 3 is 2.58 bits per heavy atom. The summed E-state index contributed by atoms with van der Waals surface area (Å²) in [5, 5.41) is 12.5. The second-order valence-electron chi connectivity index (χ2n) is 6.82. The maximum atomic E-state index is 13.7. The van der Waals surface area contributed by atoms with Gasteiger partial charge in [0.2, 0.25) is 5.91 Å². The molecule has 3 aromatic rings. The van der Waals surface area contributed by atoms with Crippen LogP contribution in [-0.4, -0.2) is 36.4 Å². The third-order valence-electron chi connectivity index (χ3n) is 4.19. The number of benzene rings is 1. The number of hydrogen-bond donors (Lipinski definition) is 1. The van der Waals surface area contributed by atoms with E-state index in [-0.39, 0.29) is 17.5 Å². The molecule has 1 amide bonds. The lowest BCUT2D eigenvalue weighted by atomic mass is 10.2. The molecule has 31 heavy (non-hydrogen) atoms. The fraction of sp³-hybridized carbons (Fsp3) is 0.286. The molecule has 2 aromatic heterocycles. The lowest BCUT2D eigenvalue weighted by molar-refractivity contribution is -0.113. The molecular weight excluding hydrogens is 435 g/mol. The van der Waals surface area contributed by atoms with Crippen LogP contribution < -0.4 is 5.32 Å². The van der Waals surface area contributed by atoms with Crippen molar-refractivity contribution in [3.63, 3.8) is 0 Å². The first-order valence-corrected chi connectivity index (χ1v) is 11.5. The number of aromatic nitrogens is 5. The van der Waals surface area contributed by atoms with Gasteiger partial charge in [-0.1, -0.05) is 35.7 Å². The predicted molar refractivity (Wildman–Crippen MR) is 122 cm³/mol. The van der Waals surface area contributed by atoms with Gasteiger partial charge in [0, 0.05) is 23.6 Å². The molecule has 1 aromatic carbocycles. The van der Waals surface area contributed by atoms with Gasteiger partial charge in [0.15, 0.2) is 10.3 Å². The summed E-state index contributed by atoms with van der Waals surface area (Å²) in [6.45, 7) is 9.85. The molecule has 0 bridgehead atoms. The lowest BCUT2D eigenvalue weighted by Crippen LogP contribution is -2.15. The number of carbonyl (C=O) groups excluding carboxylic acids is 1. The van der Waals surface area contributed by atoms with Crippen LogP contribution in [0.4, 0.5) is 10.1 Å². The van der Waals surface area contributed by atoms with Crippen LogP contribution in [0.2, 0.25) is 0 Å². The van der Waals surface area contributed by atoms with Crippen molar-refractivity contribution in [2.75, 3.05) is 11.1 Å². The number of thioether (sulfide) groups is 2. The Morgan fingerprint density at radius 2 is 1.90 bits per heavy atom. The van der Waals surface area contributed by atoms with E-state index >= 15 is 0 Å². The normalized spacial score (nSPS) is 10.8. The van der Waals surface area contributed by atoms with Crippen LogP contribution in [0, 0.1) is 26.6 Å². The molecule has 0 aliphatic rings. The average molecular weight is 459 g/mol. The number of hydrogen-bond acceptors (Lipinski definition) is 7. The van der Waals surface area contributed by atoms with Crippen molar-refractivity contribution in [3.8, 4) is 0 Å². The van der Waals surface area contributed by atoms with Crippen LogP contribution in [0.5, 0.6) is 0 Å². The maximum absolute atomic E-state index is 13.7. The smallest absolute Gasteiger partial charge is 0.234 e. The van der Waals surface area contributed by atoms with Crippen molar-refractivity contribution >= 4 is 35.1 Å². The topological polar surface area (TPSA) is 85.6 Å². The SMILES string of the molecule is C=CCn1c(CSc2nc(C)cc(C)n2)nnc1SCC(=O)Nc1ccc(C)c(F)c1. The monoisotopic (exact) mass is 458 g/mol. The quantitative estimate of drug-likeness (QED) is 0.290. The minimum absolute atomic E-state index is 0.123. The van der Waals surface area contributed by atoms with Gasteiger partial charge < -0.3 is 9.88 Å². The highest BCUT2D eigenvalue weighted by atomic mass is 32.2. The fourth-order valence-corrected chi connectivity index (χ4v) is 4.39. The number of nitrogens with zero attached hydrogens (tertiary/aromatic N) is 5. The highest BCUT2D eigenvalue weighted by Gasteiger charge is 2.15. The van der Waals surface area contributed by atoms with E-state index in [4.69, 9.17) is 0 Å². The number of amides is 1. The Morgan fingerprint density at radius 1 is 1.16 bits per heavy atom. The number of nitrogens with one attached hydrogen (secondary N) is 1. The van der Waals surface area contributed by atoms with E-state index in [1.165, 1.54) is 29.6 Å². The van der Waals surface area contributed by atoms with Crippen molar-refractivity contribution < 1.29 is 9.18 Å². The molecule has 7 nitrogen and oxygen atoms in total. The van der Waals surface area contributed by atoms with Crippen LogP contribution in [0.15, 0.2) is 47.2 Å². The summed E-state index contributed by atoms with van der Waals surface area (Å²) in [7, 11) is 0. The van der Waals surface area contributed by atoms with Crippen LogP contribution in [0.1, 0.15) is 22.8 Å². The van der Waals surface area contributed by atoms with Crippen LogP contribution in [0.3, 0.4) is 0 Å². The Balaban J connectivity index is 1.63. The first-order valence-electron chi connectivity index (χ1n) is 9.52. The molecule has 0 saturated carbocycles. The summed E-state index contributed by atoms with van der Waals surface area (Å²) < 4.78 is 15.6. The molecule has 3 rings (SSSR count). The molecule has 10 heteroatoms. The number of halogens is 1. The Hall–Kier alpha value is -2.72. The Bertz CT molecular complexity index is 1080. The van der Waals surface area contributed by atoms with E-state index in [1.54, 1.807) is 25.1 Å². The summed E-state index contributed by atoms with van der Waals surface area (Å²) in [5.41, 5.74) is 2.78.